The zero-order valence-corrected chi connectivity index (χ0v) is 18.4. The molecule has 0 radical (unpaired) electrons. The maximum absolute atomic E-state index is 11.6. The summed E-state index contributed by atoms with van der Waals surface area (Å²) in [5, 5.41) is 29.6. The number of carbonyl (C=O) groups is 4. The molecule has 2 heterocycles. The van der Waals surface area contributed by atoms with Crippen molar-refractivity contribution in [3.63, 3.8) is 0 Å². The van der Waals surface area contributed by atoms with Gasteiger partial charge in [0.1, 0.15) is 27.8 Å². The Hall–Kier alpha value is -2.96. The van der Waals surface area contributed by atoms with Crippen LogP contribution in [0.1, 0.15) is 20.8 Å². The number of carboxylic acids is 1. The molecule has 0 saturated carbocycles. The number of nitrogens with zero attached hydrogens (tertiary/aromatic N) is 4. The predicted octanol–water partition coefficient (Wildman–Crippen LogP) is 0.854. The number of hydrogen-bond donors (Lipinski definition) is 2. The average molecular weight is 452 g/mol. The van der Waals surface area contributed by atoms with Gasteiger partial charge in [-0.2, -0.15) is 10.5 Å². The highest BCUT2D eigenvalue weighted by molar-refractivity contribution is 8.04. The molecule has 0 aliphatic carbocycles. The van der Waals surface area contributed by atoms with Crippen LogP contribution in [0.5, 0.6) is 0 Å². The Morgan fingerprint density at radius 1 is 0.967 bits per heavy atom. The first-order valence-corrected chi connectivity index (χ1v) is 10.9. The molecule has 3 amide bonds. The van der Waals surface area contributed by atoms with Crippen molar-refractivity contribution in [1.29, 1.82) is 10.5 Å². The number of hydrogen-bond acceptors (Lipinski definition) is 8. The van der Waals surface area contributed by atoms with E-state index in [1.54, 1.807) is 19.9 Å². The minimum Gasteiger partial charge on any atom is -0.477 e. The van der Waals surface area contributed by atoms with E-state index in [0.717, 1.165) is 11.8 Å². The van der Waals surface area contributed by atoms with E-state index in [4.69, 9.17) is 15.6 Å². The van der Waals surface area contributed by atoms with Gasteiger partial charge in [-0.1, -0.05) is 23.5 Å². The Balaban J connectivity index is 0.000000303. The molecule has 30 heavy (non-hydrogen) atoms. The molecule has 2 saturated heterocycles. The highest BCUT2D eigenvalue weighted by Crippen LogP contribution is 2.32. The number of carboxylic acid groups (broad SMARTS) is 1. The number of nitrogens with one attached hydrogen (secondary N) is 1. The first-order valence-electron chi connectivity index (χ1n) is 8.93. The molecule has 160 valence electrons. The van der Waals surface area contributed by atoms with Crippen LogP contribution in [-0.2, 0) is 19.2 Å². The Bertz CT molecular complexity index is 884. The molecule has 0 unspecified atom stereocenters. The van der Waals surface area contributed by atoms with E-state index < -0.39 is 11.9 Å². The summed E-state index contributed by atoms with van der Waals surface area (Å²) in [6.07, 6.45) is 0. The molecule has 0 aromatic heterocycles. The second-order valence-electron chi connectivity index (χ2n) is 5.60. The molecule has 2 fully saturated rings. The van der Waals surface area contributed by atoms with Crippen LogP contribution < -0.4 is 5.32 Å². The van der Waals surface area contributed by atoms with Crippen molar-refractivity contribution in [1.82, 2.24) is 15.1 Å². The fourth-order valence-corrected chi connectivity index (χ4v) is 4.65. The first-order chi connectivity index (χ1) is 14.3. The zero-order valence-electron chi connectivity index (χ0n) is 16.7. The zero-order chi connectivity index (χ0) is 22.8. The summed E-state index contributed by atoms with van der Waals surface area (Å²) >= 11 is 2.34. The number of rotatable bonds is 5. The largest absolute Gasteiger partial charge is 0.477 e. The van der Waals surface area contributed by atoms with E-state index in [2.05, 4.69) is 5.32 Å². The van der Waals surface area contributed by atoms with Crippen LogP contribution in [0.2, 0.25) is 0 Å². The van der Waals surface area contributed by atoms with Crippen LogP contribution in [0.4, 0.5) is 0 Å². The van der Waals surface area contributed by atoms with Crippen LogP contribution in [0, 0.1) is 22.7 Å². The highest BCUT2D eigenvalue weighted by Gasteiger charge is 2.31. The van der Waals surface area contributed by atoms with Gasteiger partial charge >= 0.3 is 5.97 Å². The predicted molar refractivity (Wildman–Crippen MR) is 111 cm³/mol. The fourth-order valence-electron chi connectivity index (χ4n) is 2.48. The van der Waals surface area contributed by atoms with Crippen molar-refractivity contribution in [2.24, 2.45) is 0 Å². The van der Waals surface area contributed by atoms with Gasteiger partial charge in [-0.3, -0.25) is 14.4 Å². The van der Waals surface area contributed by atoms with Gasteiger partial charge in [0.25, 0.3) is 5.91 Å². The SMILES string of the molecule is CCN1C(=O)CS/C1=C(/C#N)C(=O)O.CCNC(=O)/C(C#N)=C1\SCC(=O)N1CC. The first kappa shape index (κ1) is 25.1. The molecule has 0 atom stereocenters. The number of thioether (sulfide) groups is 2. The van der Waals surface area contributed by atoms with Crippen LogP contribution >= 0.6 is 23.5 Å². The van der Waals surface area contributed by atoms with Crippen LogP contribution in [0.3, 0.4) is 0 Å². The Labute approximate surface area is 182 Å². The molecule has 2 aliphatic rings. The molecule has 0 spiro atoms. The minimum absolute atomic E-state index is 0.0274. The van der Waals surface area contributed by atoms with Gasteiger partial charge in [-0.05, 0) is 20.8 Å². The third kappa shape index (κ3) is 5.78. The molecule has 2 aliphatic heterocycles. The third-order valence-electron chi connectivity index (χ3n) is 3.82. The van der Waals surface area contributed by atoms with E-state index in [0.29, 0.717) is 30.4 Å². The summed E-state index contributed by atoms with van der Waals surface area (Å²) in [6.45, 7) is 6.66. The maximum atomic E-state index is 11.6. The molecule has 2 rings (SSSR count). The van der Waals surface area contributed by atoms with Gasteiger partial charge in [0.15, 0.2) is 5.57 Å². The lowest BCUT2D eigenvalue weighted by Gasteiger charge is -2.15. The second-order valence-corrected chi connectivity index (χ2v) is 7.53. The maximum Gasteiger partial charge on any atom is 0.349 e. The molecular formula is C18H21N5O5S2. The average Bonchev–Trinajstić information content (AvgIpc) is 3.25. The summed E-state index contributed by atoms with van der Waals surface area (Å²) in [5.41, 5.74) is -0.331. The molecule has 0 bridgehead atoms. The quantitative estimate of drug-likeness (QED) is 0.457. The molecule has 0 aromatic rings. The number of aliphatic carboxylic acids is 1. The van der Waals surface area contributed by atoms with Crippen molar-refractivity contribution < 1.29 is 24.3 Å². The van der Waals surface area contributed by atoms with Gasteiger partial charge in [0, 0.05) is 19.6 Å². The number of nitriles is 2. The van der Waals surface area contributed by atoms with Crippen molar-refractivity contribution in [2.45, 2.75) is 20.8 Å². The van der Waals surface area contributed by atoms with Gasteiger partial charge in [-0.15, -0.1) is 0 Å². The van der Waals surface area contributed by atoms with Crippen molar-refractivity contribution in [3.05, 3.63) is 21.2 Å². The van der Waals surface area contributed by atoms with Crippen LogP contribution in [0.25, 0.3) is 0 Å². The van der Waals surface area contributed by atoms with E-state index in [1.165, 1.54) is 21.6 Å². The Kier molecular flexibility index (Phi) is 9.95. The topological polar surface area (TPSA) is 155 Å². The standard InChI is InChI=1S/C10H13N3O2S.C8H8N2O3S/c1-3-12-9(15)7(5-11)10-13(4-2)8(14)6-16-10;1-2-10-6(11)4-14-7(10)5(3-9)8(12)13/h3-4,6H2,1-2H3,(H,12,15);2,4H2,1H3,(H,12,13)/b10-7-;7-5-. The Morgan fingerprint density at radius 3 is 1.73 bits per heavy atom. The monoisotopic (exact) mass is 451 g/mol. The van der Waals surface area contributed by atoms with Gasteiger partial charge < -0.3 is 20.2 Å². The smallest absolute Gasteiger partial charge is 0.349 e. The molecule has 12 heteroatoms. The van der Waals surface area contributed by atoms with Crippen molar-refractivity contribution in [2.75, 3.05) is 31.1 Å². The van der Waals surface area contributed by atoms with Crippen molar-refractivity contribution in [3.8, 4) is 12.1 Å². The second kappa shape index (κ2) is 11.9. The Morgan fingerprint density at radius 2 is 1.40 bits per heavy atom. The van der Waals surface area contributed by atoms with E-state index in [-0.39, 0.29) is 33.7 Å². The summed E-state index contributed by atoms with van der Waals surface area (Å²) < 4.78 is 0. The lowest BCUT2D eigenvalue weighted by Crippen LogP contribution is -2.29. The number of likely N-dealkylation sites (N-methyl/N-ethyl adjacent to an activating group) is 1. The lowest BCUT2D eigenvalue weighted by molar-refractivity contribution is -0.132. The van der Waals surface area contributed by atoms with Gasteiger partial charge in [-0.25, -0.2) is 4.79 Å². The van der Waals surface area contributed by atoms with Gasteiger partial charge in [0.05, 0.1) is 11.5 Å². The molecular weight excluding hydrogens is 430 g/mol. The lowest BCUT2D eigenvalue weighted by atomic mass is 10.3. The number of amides is 3. The van der Waals surface area contributed by atoms with Crippen LogP contribution in [0.15, 0.2) is 21.2 Å². The van der Waals surface area contributed by atoms with Crippen molar-refractivity contribution >= 4 is 47.2 Å². The summed E-state index contributed by atoms with van der Waals surface area (Å²) in [5.74, 6) is -1.40. The fraction of sp³-hybridized carbons (Fsp3) is 0.444. The molecule has 10 nitrogen and oxygen atoms in total. The van der Waals surface area contributed by atoms with E-state index >= 15 is 0 Å². The van der Waals surface area contributed by atoms with E-state index in [1.807, 2.05) is 13.0 Å². The summed E-state index contributed by atoms with van der Waals surface area (Å²) in [7, 11) is 0. The highest BCUT2D eigenvalue weighted by atomic mass is 32.2. The van der Waals surface area contributed by atoms with Gasteiger partial charge in [0.2, 0.25) is 11.8 Å². The molecule has 0 aromatic carbocycles. The molecule has 2 N–H and O–H groups in total. The third-order valence-corrected chi connectivity index (χ3v) is 6.00. The number of carbonyl (C=O) groups excluding carboxylic acids is 3. The van der Waals surface area contributed by atoms with Crippen LogP contribution in [-0.4, -0.2) is 69.7 Å². The summed E-state index contributed by atoms with van der Waals surface area (Å²) in [6, 6.07) is 3.46. The van der Waals surface area contributed by atoms with E-state index in [9.17, 15) is 19.2 Å². The normalized spacial score (nSPS) is 18.8. The summed E-state index contributed by atoms with van der Waals surface area (Å²) in [4.78, 5) is 47.7. The minimum atomic E-state index is -1.29.